The molecule has 2 amide bonds. The van der Waals surface area contributed by atoms with Crippen molar-refractivity contribution in [1.29, 1.82) is 0 Å². The normalized spacial score (nSPS) is 12.4. The molecular weight excluding hydrogens is 444 g/mol. The molecule has 0 unspecified atom stereocenters. The number of nitro groups is 1. The third-order valence-electron chi connectivity index (χ3n) is 4.03. The zero-order valence-electron chi connectivity index (χ0n) is 17.7. The van der Waals surface area contributed by atoms with E-state index in [1.165, 1.54) is 26.2 Å². The van der Waals surface area contributed by atoms with Gasteiger partial charge in [-0.3, -0.25) is 24.5 Å². The number of non-ortho nitro benzene ring substituents is 1. The first-order valence-corrected chi connectivity index (χ1v) is 10.3. The number of nitrogens with zero attached hydrogens (tertiary/aromatic N) is 2. The van der Waals surface area contributed by atoms with Crippen LogP contribution in [-0.4, -0.2) is 52.1 Å². The largest absolute Gasteiger partial charge is 0.495 e. The van der Waals surface area contributed by atoms with Gasteiger partial charge in [-0.2, -0.15) is 0 Å². The number of benzene rings is 1. The molecule has 12 nitrogen and oxygen atoms in total. The van der Waals surface area contributed by atoms with Crippen LogP contribution in [0.25, 0.3) is 0 Å². The van der Waals surface area contributed by atoms with Crippen LogP contribution >= 0.6 is 11.8 Å². The average Bonchev–Trinajstić information content (AvgIpc) is 3.16. The number of thioether (sulfide) groups is 1. The molecule has 1 aromatic carbocycles. The molecule has 172 valence electrons. The van der Waals surface area contributed by atoms with Gasteiger partial charge in [0.05, 0.1) is 28.7 Å². The van der Waals surface area contributed by atoms with E-state index in [1.807, 2.05) is 0 Å². The topological polar surface area (TPSA) is 163 Å². The summed E-state index contributed by atoms with van der Waals surface area (Å²) in [5, 5.41) is 19.0. The van der Waals surface area contributed by atoms with Crippen LogP contribution in [-0.2, 0) is 19.1 Å². The minimum Gasteiger partial charge on any atom is -0.495 e. The summed E-state index contributed by atoms with van der Waals surface area (Å²) in [4.78, 5) is 46.9. The zero-order chi connectivity index (χ0) is 23.8. The van der Waals surface area contributed by atoms with Gasteiger partial charge < -0.3 is 24.6 Å². The van der Waals surface area contributed by atoms with E-state index in [9.17, 15) is 24.5 Å². The number of aryl methyl sites for hydroxylation is 1. The highest BCUT2D eigenvalue weighted by Gasteiger charge is 2.22. The monoisotopic (exact) mass is 466 g/mol. The molecule has 0 aliphatic carbocycles. The van der Waals surface area contributed by atoms with Gasteiger partial charge in [0, 0.05) is 18.2 Å². The van der Waals surface area contributed by atoms with E-state index in [2.05, 4.69) is 15.8 Å². The van der Waals surface area contributed by atoms with E-state index < -0.39 is 28.2 Å². The molecule has 13 heteroatoms. The molecule has 2 N–H and O–H groups in total. The number of methoxy groups -OCH3 is 1. The van der Waals surface area contributed by atoms with Crippen LogP contribution in [0, 0.1) is 17.0 Å². The third-order valence-corrected chi connectivity index (χ3v) is 5.15. The molecule has 0 spiro atoms. The molecule has 0 radical (unpaired) electrons. The van der Waals surface area contributed by atoms with Gasteiger partial charge in [0.25, 0.3) is 11.6 Å². The maximum Gasteiger partial charge on any atom is 0.316 e. The van der Waals surface area contributed by atoms with Gasteiger partial charge in [-0.05, 0) is 26.8 Å². The lowest BCUT2D eigenvalue weighted by atomic mass is 10.2. The predicted octanol–water partition coefficient (Wildman–Crippen LogP) is 2.53. The van der Waals surface area contributed by atoms with E-state index >= 15 is 0 Å². The molecule has 2 aromatic rings. The molecular formula is C19H22N4O8S. The Balaban J connectivity index is 1.85. The Morgan fingerprint density at radius 3 is 2.53 bits per heavy atom. The van der Waals surface area contributed by atoms with E-state index in [0.29, 0.717) is 5.76 Å². The quantitative estimate of drug-likeness (QED) is 0.302. The summed E-state index contributed by atoms with van der Waals surface area (Å²) in [5.74, 6) is -0.942. The molecule has 0 aliphatic rings. The number of carbonyl (C=O) groups is 3. The fourth-order valence-corrected chi connectivity index (χ4v) is 3.01. The summed E-state index contributed by atoms with van der Waals surface area (Å²) in [5.41, 5.74) is -0.174. The Hall–Kier alpha value is -3.61. The van der Waals surface area contributed by atoms with Crippen molar-refractivity contribution in [3.63, 3.8) is 0 Å². The van der Waals surface area contributed by atoms with Crippen LogP contribution in [0.2, 0.25) is 0 Å². The van der Waals surface area contributed by atoms with Gasteiger partial charge in [-0.1, -0.05) is 5.16 Å². The lowest BCUT2D eigenvalue weighted by molar-refractivity contribution is -0.384. The molecule has 0 fully saturated rings. The Kier molecular flexibility index (Phi) is 8.58. The van der Waals surface area contributed by atoms with Crippen molar-refractivity contribution < 1.29 is 33.3 Å². The van der Waals surface area contributed by atoms with Crippen molar-refractivity contribution in [1.82, 2.24) is 5.16 Å². The number of ether oxygens (including phenoxy) is 2. The number of rotatable bonds is 10. The minimum absolute atomic E-state index is 0.0670. The molecule has 1 aromatic heterocycles. The third kappa shape index (κ3) is 6.97. The van der Waals surface area contributed by atoms with Gasteiger partial charge in [0.2, 0.25) is 5.91 Å². The lowest BCUT2D eigenvalue weighted by Crippen LogP contribution is -2.31. The van der Waals surface area contributed by atoms with Crippen molar-refractivity contribution in [2.75, 3.05) is 23.5 Å². The van der Waals surface area contributed by atoms with Crippen molar-refractivity contribution >= 4 is 46.7 Å². The number of amides is 2. The van der Waals surface area contributed by atoms with E-state index in [-0.39, 0.29) is 34.6 Å². The predicted molar refractivity (Wildman–Crippen MR) is 116 cm³/mol. The van der Waals surface area contributed by atoms with Crippen molar-refractivity contribution in [3.8, 4) is 5.75 Å². The number of hydrogen-bond acceptors (Lipinski definition) is 10. The van der Waals surface area contributed by atoms with Crippen LogP contribution in [0.3, 0.4) is 0 Å². The summed E-state index contributed by atoms with van der Waals surface area (Å²) in [6.07, 6.45) is -1.19. The average molecular weight is 466 g/mol. The molecule has 1 heterocycles. The van der Waals surface area contributed by atoms with E-state index in [1.54, 1.807) is 19.9 Å². The molecule has 32 heavy (non-hydrogen) atoms. The van der Waals surface area contributed by atoms with Gasteiger partial charge in [-0.25, -0.2) is 0 Å². The van der Waals surface area contributed by atoms with Crippen LogP contribution in [0.5, 0.6) is 5.75 Å². The first-order chi connectivity index (χ1) is 15.1. The fraction of sp³-hybridized carbons (Fsp3) is 0.368. The highest BCUT2D eigenvalue weighted by atomic mass is 32.2. The smallest absolute Gasteiger partial charge is 0.316 e. The van der Waals surface area contributed by atoms with Crippen LogP contribution in [0.4, 0.5) is 17.2 Å². The molecule has 0 saturated carbocycles. The summed E-state index contributed by atoms with van der Waals surface area (Å²) < 4.78 is 15.0. The van der Waals surface area contributed by atoms with Crippen LogP contribution in [0.1, 0.15) is 19.6 Å². The Labute approximate surface area is 187 Å². The molecule has 0 aliphatic heterocycles. The summed E-state index contributed by atoms with van der Waals surface area (Å²) in [6.45, 7) is 4.64. The number of nitro benzene ring substituents is 1. The summed E-state index contributed by atoms with van der Waals surface area (Å²) in [6, 6.07) is 5.27. The second-order valence-electron chi connectivity index (χ2n) is 6.53. The van der Waals surface area contributed by atoms with Crippen molar-refractivity contribution in [2.45, 2.75) is 32.1 Å². The first kappa shape index (κ1) is 24.7. The number of anilines is 2. The first-order valence-electron chi connectivity index (χ1n) is 9.29. The Morgan fingerprint density at radius 2 is 1.94 bits per heavy atom. The SMILES string of the molecule is COc1ccc([N+](=O)[O-])cc1NC(=O)[C@H](C)OC(=O)CS[C@H](C)C(=O)Nc1cc(C)on1. The van der Waals surface area contributed by atoms with Crippen molar-refractivity contribution in [2.24, 2.45) is 0 Å². The Bertz CT molecular complexity index is 1010. The van der Waals surface area contributed by atoms with Crippen LogP contribution < -0.4 is 15.4 Å². The maximum atomic E-state index is 12.3. The number of carbonyl (C=O) groups excluding carboxylic acids is 3. The van der Waals surface area contributed by atoms with Gasteiger partial charge in [0.15, 0.2) is 11.9 Å². The maximum absolute atomic E-state index is 12.3. The van der Waals surface area contributed by atoms with Crippen LogP contribution in [0.15, 0.2) is 28.8 Å². The molecule has 2 rings (SSSR count). The minimum atomic E-state index is -1.19. The second kappa shape index (κ2) is 11.1. The van der Waals surface area contributed by atoms with Gasteiger partial charge in [0.1, 0.15) is 11.5 Å². The Morgan fingerprint density at radius 1 is 1.22 bits per heavy atom. The van der Waals surface area contributed by atoms with Crippen molar-refractivity contribution in [3.05, 3.63) is 40.1 Å². The standard InChI is InChI=1S/C19H22N4O8S/c1-10-7-16(22-31-10)21-19(26)12(3)32-9-17(24)30-11(2)18(25)20-14-8-13(23(27)28)5-6-15(14)29-4/h5-8,11-12H,9H2,1-4H3,(H,20,25)(H,21,22,26)/t11-,12+/m0/s1. The molecule has 0 saturated heterocycles. The number of hydrogen-bond donors (Lipinski definition) is 2. The lowest BCUT2D eigenvalue weighted by Gasteiger charge is -2.15. The highest BCUT2D eigenvalue weighted by Crippen LogP contribution is 2.29. The van der Waals surface area contributed by atoms with E-state index in [4.69, 9.17) is 14.0 Å². The number of esters is 1. The molecule has 0 bridgehead atoms. The van der Waals surface area contributed by atoms with Gasteiger partial charge in [-0.15, -0.1) is 11.8 Å². The summed E-state index contributed by atoms with van der Waals surface area (Å²) >= 11 is 1.02. The van der Waals surface area contributed by atoms with Gasteiger partial charge >= 0.3 is 5.97 Å². The number of aromatic nitrogens is 1. The molecule has 2 atom stereocenters. The highest BCUT2D eigenvalue weighted by molar-refractivity contribution is 8.01. The second-order valence-corrected chi connectivity index (χ2v) is 7.86. The fourth-order valence-electron chi connectivity index (χ4n) is 2.35. The summed E-state index contributed by atoms with van der Waals surface area (Å²) in [7, 11) is 1.35. The zero-order valence-corrected chi connectivity index (χ0v) is 18.6. The van der Waals surface area contributed by atoms with E-state index in [0.717, 1.165) is 17.8 Å². The number of nitrogens with one attached hydrogen (secondary N) is 2.